The van der Waals surface area contributed by atoms with Crippen molar-refractivity contribution in [1.29, 1.82) is 0 Å². The molecule has 1 saturated carbocycles. The summed E-state index contributed by atoms with van der Waals surface area (Å²) in [7, 11) is 0. The lowest BCUT2D eigenvalue weighted by Gasteiger charge is -2.25. The maximum absolute atomic E-state index is 11.0. The number of halogens is 1. The van der Waals surface area contributed by atoms with Gasteiger partial charge in [0.2, 0.25) is 0 Å². The predicted octanol–water partition coefficient (Wildman–Crippen LogP) is 2.45. The van der Waals surface area contributed by atoms with Crippen LogP contribution in [0, 0.1) is 5.92 Å². The van der Waals surface area contributed by atoms with E-state index in [1.165, 1.54) is 4.90 Å². The normalized spacial score (nSPS) is 26.9. The molecule has 1 N–H and O–H groups in total. The van der Waals surface area contributed by atoms with E-state index in [-0.39, 0.29) is 0 Å². The number of aromatic nitrogens is 1. The van der Waals surface area contributed by atoms with Crippen LogP contribution >= 0.6 is 15.9 Å². The molecule has 5 heteroatoms. The summed E-state index contributed by atoms with van der Waals surface area (Å²) in [6.07, 6.45) is 1.84. The van der Waals surface area contributed by atoms with E-state index in [2.05, 4.69) is 20.9 Å². The maximum Gasteiger partial charge on any atom is 0.413 e. The zero-order chi connectivity index (χ0) is 10.6. The Morgan fingerprint density at radius 2 is 2.47 bits per heavy atom. The van der Waals surface area contributed by atoms with Gasteiger partial charge in [0, 0.05) is 17.2 Å². The Labute approximate surface area is 95.0 Å². The predicted molar refractivity (Wildman–Crippen MR) is 58.2 cm³/mol. The van der Waals surface area contributed by atoms with Gasteiger partial charge in [-0.05, 0) is 45.8 Å². The molecule has 0 bridgehead atoms. The van der Waals surface area contributed by atoms with E-state index in [4.69, 9.17) is 5.11 Å². The van der Waals surface area contributed by atoms with E-state index >= 15 is 0 Å². The number of amides is 1. The number of hydrogen-bond acceptors (Lipinski definition) is 2. The van der Waals surface area contributed by atoms with Gasteiger partial charge < -0.3 is 5.11 Å². The summed E-state index contributed by atoms with van der Waals surface area (Å²) in [6.45, 7) is 0.599. The molecule has 1 aliphatic carbocycles. The van der Waals surface area contributed by atoms with E-state index in [0.717, 1.165) is 16.5 Å². The Hall–Kier alpha value is -1.10. The van der Waals surface area contributed by atoms with Gasteiger partial charge in [0.15, 0.2) is 0 Å². The van der Waals surface area contributed by atoms with Crippen LogP contribution in [0.3, 0.4) is 0 Å². The standard InChI is InChI=1S/C10H9BrN2O2/c11-6-2-8-7-1-5(7)4-13(10(14)15)9(8)12-3-6/h2-3,5,7H,1,4H2,(H,14,15). The average molecular weight is 269 g/mol. The molecular formula is C10H9BrN2O2. The summed E-state index contributed by atoms with van der Waals surface area (Å²) in [5.74, 6) is 1.65. The van der Waals surface area contributed by atoms with Crippen LogP contribution in [0.1, 0.15) is 17.9 Å². The second-order valence-corrected chi connectivity index (χ2v) is 4.98. The van der Waals surface area contributed by atoms with Crippen LogP contribution in [-0.2, 0) is 0 Å². The van der Waals surface area contributed by atoms with Gasteiger partial charge in [0.05, 0.1) is 0 Å². The van der Waals surface area contributed by atoms with E-state index in [1.807, 2.05) is 6.07 Å². The Kier molecular flexibility index (Phi) is 1.80. The average Bonchev–Trinajstić information content (AvgIpc) is 2.95. The SMILES string of the molecule is O=C(O)N1CC2CC2c2cc(Br)cnc21. The molecule has 0 saturated heterocycles. The minimum absolute atomic E-state index is 0.504. The fourth-order valence-electron chi connectivity index (χ4n) is 2.27. The van der Waals surface area contributed by atoms with Crippen LogP contribution in [-0.4, -0.2) is 22.7 Å². The number of fused-ring (bicyclic) bond motifs is 3. The van der Waals surface area contributed by atoms with Crippen molar-refractivity contribution in [3.63, 3.8) is 0 Å². The minimum atomic E-state index is -0.906. The number of rotatable bonds is 0. The minimum Gasteiger partial charge on any atom is -0.465 e. The summed E-state index contributed by atoms with van der Waals surface area (Å²) < 4.78 is 0.916. The van der Waals surface area contributed by atoms with Crippen molar-refractivity contribution in [2.24, 2.45) is 5.92 Å². The fourth-order valence-corrected chi connectivity index (χ4v) is 2.62. The highest BCUT2D eigenvalue weighted by molar-refractivity contribution is 9.10. The van der Waals surface area contributed by atoms with Gasteiger partial charge in [0.25, 0.3) is 0 Å². The van der Waals surface area contributed by atoms with Crippen LogP contribution in [0.25, 0.3) is 0 Å². The molecule has 2 aliphatic rings. The molecule has 2 atom stereocenters. The molecule has 1 aliphatic heterocycles. The zero-order valence-corrected chi connectivity index (χ0v) is 9.44. The van der Waals surface area contributed by atoms with Gasteiger partial charge in [-0.2, -0.15) is 0 Å². The first-order valence-electron chi connectivity index (χ1n) is 4.82. The fraction of sp³-hybridized carbons (Fsp3) is 0.400. The van der Waals surface area contributed by atoms with Gasteiger partial charge >= 0.3 is 6.09 Å². The third-order valence-electron chi connectivity index (χ3n) is 3.09. The molecule has 2 unspecified atom stereocenters. The molecule has 0 spiro atoms. The number of carboxylic acid groups (broad SMARTS) is 1. The molecule has 1 aromatic heterocycles. The molecular weight excluding hydrogens is 260 g/mol. The molecule has 1 fully saturated rings. The van der Waals surface area contributed by atoms with Crippen LogP contribution < -0.4 is 4.90 Å². The first-order chi connectivity index (χ1) is 7.16. The van der Waals surface area contributed by atoms with Crippen molar-refractivity contribution in [3.8, 4) is 0 Å². The van der Waals surface area contributed by atoms with Crippen molar-refractivity contribution in [3.05, 3.63) is 22.3 Å². The quantitative estimate of drug-likeness (QED) is 0.787. The van der Waals surface area contributed by atoms with Crippen molar-refractivity contribution in [2.45, 2.75) is 12.3 Å². The van der Waals surface area contributed by atoms with Crippen molar-refractivity contribution >= 4 is 27.8 Å². The van der Waals surface area contributed by atoms with Gasteiger partial charge in [-0.3, -0.25) is 4.90 Å². The lowest BCUT2D eigenvalue weighted by Crippen LogP contribution is -2.35. The molecule has 3 rings (SSSR count). The van der Waals surface area contributed by atoms with E-state index < -0.39 is 6.09 Å². The summed E-state index contributed by atoms with van der Waals surface area (Å²) in [5.41, 5.74) is 1.07. The zero-order valence-electron chi connectivity index (χ0n) is 7.85. The van der Waals surface area contributed by atoms with Crippen molar-refractivity contribution in [2.75, 3.05) is 11.4 Å². The maximum atomic E-state index is 11.0. The molecule has 0 radical (unpaired) electrons. The van der Waals surface area contributed by atoms with Gasteiger partial charge in [-0.1, -0.05) is 0 Å². The van der Waals surface area contributed by atoms with Crippen LogP contribution in [0.2, 0.25) is 0 Å². The third kappa shape index (κ3) is 1.33. The van der Waals surface area contributed by atoms with Crippen molar-refractivity contribution in [1.82, 2.24) is 4.98 Å². The van der Waals surface area contributed by atoms with Crippen LogP contribution in [0.5, 0.6) is 0 Å². The van der Waals surface area contributed by atoms with E-state index in [9.17, 15) is 4.79 Å². The number of pyridine rings is 1. The largest absolute Gasteiger partial charge is 0.465 e. The van der Waals surface area contributed by atoms with Gasteiger partial charge in [-0.25, -0.2) is 9.78 Å². The highest BCUT2D eigenvalue weighted by Gasteiger charge is 2.47. The van der Waals surface area contributed by atoms with E-state index in [0.29, 0.717) is 24.2 Å². The molecule has 2 heterocycles. The highest BCUT2D eigenvalue weighted by Crippen LogP contribution is 2.54. The van der Waals surface area contributed by atoms with Gasteiger partial charge in [0.1, 0.15) is 5.82 Å². The summed E-state index contributed by atoms with van der Waals surface area (Å²) in [6, 6.07) is 1.99. The Morgan fingerprint density at radius 1 is 1.67 bits per heavy atom. The molecule has 1 aromatic rings. The lowest BCUT2D eigenvalue weighted by molar-refractivity contribution is 0.201. The van der Waals surface area contributed by atoms with Crippen LogP contribution in [0.4, 0.5) is 10.6 Å². The second kappa shape index (κ2) is 2.95. The Morgan fingerprint density at radius 3 is 3.20 bits per heavy atom. The molecule has 0 aromatic carbocycles. The van der Waals surface area contributed by atoms with Gasteiger partial charge in [-0.15, -0.1) is 0 Å². The number of anilines is 1. The first kappa shape index (κ1) is 9.15. The molecule has 4 nitrogen and oxygen atoms in total. The number of nitrogens with zero attached hydrogens (tertiary/aromatic N) is 2. The van der Waals surface area contributed by atoms with Crippen molar-refractivity contribution < 1.29 is 9.90 Å². The molecule has 78 valence electrons. The Bertz CT molecular complexity index is 449. The number of hydrogen-bond donors (Lipinski definition) is 1. The van der Waals surface area contributed by atoms with E-state index in [1.54, 1.807) is 6.20 Å². The number of carbonyl (C=O) groups is 1. The molecule has 15 heavy (non-hydrogen) atoms. The highest BCUT2D eigenvalue weighted by atomic mass is 79.9. The second-order valence-electron chi connectivity index (χ2n) is 4.06. The first-order valence-corrected chi connectivity index (χ1v) is 5.62. The Balaban J connectivity index is 2.12. The third-order valence-corrected chi connectivity index (χ3v) is 3.52. The van der Waals surface area contributed by atoms with Crippen LogP contribution in [0.15, 0.2) is 16.7 Å². The summed E-state index contributed by atoms with van der Waals surface area (Å²) in [5, 5.41) is 9.06. The smallest absolute Gasteiger partial charge is 0.413 e. The molecule has 1 amide bonds. The summed E-state index contributed by atoms with van der Waals surface area (Å²) >= 11 is 3.36. The monoisotopic (exact) mass is 268 g/mol. The summed E-state index contributed by atoms with van der Waals surface area (Å²) in [4.78, 5) is 16.6. The topological polar surface area (TPSA) is 53.4 Å². The lowest BCUT2D eigenvalue weighted by atomic mass is 10.1.